The van der Waals surface area contributed by atoms with E-state index in [4.69, 9.17) is 4.99 Å². The molecule has 1 aromatic rings. The molecule has 1 fully saturated rings. The summed E-state index contributed by atoms with van der Waals surface area (Å²) in [4.78, 5) is 7.22. The van der Waals surface area contributed by atoms with Crippen molar-refractivity contribution in [2.75, 3.05) is 25.9 Å². The van der Waals surface area contributed by atoms with E-state index >= 15 is 0 Å². The zero-order chi connectivity index (χ0) is 19.9. The molecule has 27 heavy (non-hydrogen) atoms. The van der Waals surface area contributed by atoms with Gasteiger partial charge in [0.25, 0.3) is 0 Å². The van der Waals surface area contributed by atoms with Crippen LogP contribution in [-0.4, -0.2) is 45.2 Å². The van der Waals surface area contributed by atoms with Gasteiger partial charge >= 0.3 is 0 Å². The molecular weight excluding hydrogens is 358 g/mol. The molecule has 0 aromatic heterocycles. The van der Waals surface area contributed by atoms with Gasteiger partial charge in [-0.3, -0.25) is 0 Å². The monoisotopic (exact) mass is 393 g/mol. The van der Waals surface area contributed by atoms with E-state index in [0.29, 0.717) is 6.54 Å². The number of hydrogen-bond acceptors (Lipinski definition) is 3. The SMILES string of the molecule is CCNC(=NCc1ccc(CS(C)(=O)=O)cc1)N1CCC(C(CC)CC)C1. The van der Waals surface area contributed by atoms with E-state index in [-0.39, 0.29) is 5.75 Å². The lowest BCUT2D eigenvalue weighted by Gasteiger charge is -2.24. The van der Waals surface area contributed by atoms with Crippen LogP contribution in [0.4, 0.5) is 0 Å². The van der Waals surface area contributed by atoms with Gasteiger partial charge in [-0.15, -0.1) is 0 Å². The maximum absolute atomic E-state index is 11.4. The first kappa shape index (κ1) is 21.7. The average Bonchev–Trinajstić information content (AvgIpc) is 3.09. The maximum atomic E-state index is 11.4. The van der Waals surface area contributed by atoms with Crippen LogP contribution < -0.4 is 5.32 Å². The number of nitrogens with one attached hydrogen (secondary N) is 1. The van der Waals surface area contributed by atoms with E-state index in [1.165, 1.54) is 25.5 Å². The lowest BCUT2D eigenvalue weighted by Crippen LogP contribution is -2.40. The van der Waals surface area contributed by atoms with Crippen molar-refractivity contribution in [1.29, 1.82) is 0 Å². The molecule has 1 aromatic carbocycles. The van der Waals surface area contributed by atoms with Crippen molar-refractivity contribution in [3.05, 3.63) is 35.4 Å². The highest BCUT2D eigenvalue weighted by molar-refractivity contribution is 7.89. The van der Waals surface area contributed by atoms with E-state index in [0.717, 1.165) is 48.6 Å². The largest absolute Gasteiger partial charge is 0.357 e. The molecule has 5 nitrogen and oxygen atoms in total. The standard InChI is InChI=1S/C21H35N3O2S/c1-5-19(6-2)20-12-13-24(15-20)21(22-7-3)23-14-17-8-10-18(11-9-17)16-27(4,25)26/h8-11,19-20H,5-7,12-16H2,1-4H3,(H,22,23). The molecule has 0 bridgehead atoms. The minimum atomic E-state index is -3.00. The van der Waals surface area contributed by atoms with E-state index in [1.807, 2.05) is 24.3 Å². The maximum Gasteiger partial charge on any atom is 0.194 e. The molecule has 1 heterocycles. The van der Waals surface area contributed by atoms with Crippen molar-refractivity contribution in [3.63, 3.8) is 0 Å². The molecule has 1 N–H and O–H groups in total. The van der Waals surface area contributed by atoms with Crippen LogP contribution in [-0.2, 0) is 22.1 Å². The second kappa shape index (κ2) is 10.1. The van der Waals surface area contributed by atoms with Gasteiger partial charge in [0.1, 0.15) is 0 Å². The van der Waals surface area contributed by atoms with Crippen LogP contribution in [0.3, 0.4) is 0 Å². The van der Waals surface area contributed by atoms with Gasteiger partial charge in [-0.05, 0) is 36.3 Å². The molecule has 1 aliphatic rings. The zero-order valence-electron chi connectivity index (χ0n) is 17.2. The van der Waals surface area contributed by atoms with Crippen LogP contribution in [0.5, 0.6) is 0 Å². The van der Waals surface area contributed by atoms with Crippen LogP contribution in [0.25, 0.3) is 0 Å². The minimum Gasteiger partial charge on any atom is -0.357 e. The number of hydrogen-bond donors (Lipinski definition) is 1. The summed E-state index contributed by atoms with van der Waals surface area (Å²) in [5.41, 5.74) is 1.92. The van der Waals surface area contributed by atoms with Crippen molar-refractivity contribution in [2.24, 2.45) is 16.8 Å². The summed E-state index contributed by atoms with van der Waals surface area (Å²) in [7, 11) is -3.00. The molecule has 2 rings (SSSR count). The third kappa shape index (κ3) is 6.83. The number of benzene rings is 1. The quantitative estimate of drug-likeness (QED) is 0.543. The van der Waals surface area contributed by atoms with Crippen molar-refractivity contribution in [2.45, 2.75) is 52.3 Å². The van der Waals surface area contributed by atoms with E-state index < -0.39 is 9.84 Å². The molecule has 6 heteroatoms. The lowest BCUT2D eigenvalue weighted by atomic mass is 9.87. The molecule has 1 saturated heterocycles. The predicted molar refractivity (Wildman–Crippen MR) is 114 cm³/mol. The van der Waals surface area contributed by atoms with Gasteiger partial charge in [0.05, 0.1) is 12.3 Å². The smallest absolute Gasteiger partial charge is 0.194 e. The van der Waals surface area contributed by atoms with Gasteiger partial charge in [0, 0.05) is 25.9 Å². The van der Waals surface area contributed by atoms with Crippen molar-refractivity contribution in [1.82, 2.24) is 10.2 Å². The Hall–Kier alpha value is -1.56. The van der Waals surface area contributed by atoms with Crippen LogP contribution in [0.1, 0.15) is 51.2 Å². The van der Waals surface area contributed by atoms with Crippen molar-refractivity contribution in [3.8, 4) is 0 Å². The highest BCUT2D eigenvalue weighted by atomic mass is 32.2. The molecular formula is C21H35N3O2S. The fourth-order valence-electron chi connectivity index (χ4n) is 3.96. The van der Waals surface area contributed by atoms with E-state index in [9.17, 15) is 8.42 Å². The summed E-state index contributed by atoms with van der Waals surface area (Å²) in [6.45, 7) is 10.3. The Morgan fingerprint density at radius 1 is 1.19 bits per heavy atom. The zero-order valence-corrected chi connectivity index (χ0v) is 18.1. The first-order valence-electron chi connectivity index (χ1n) is 10.1. The Balaban J connectivity index is 2.01. The highest BCUT2D eigenvalue weighted by Gasteiger charge is 2.29. The molecule has 0 spiro atoms. The van der Waals surface area contributed by atoms with Gasteiger partial charge in [-0.2, -0.15) is 0 Å². The number of sulfone groups is 1. The number of nitrogens with zero attached hydrogens (tertiary/aromatic N) is 2. The molecule has 0 aliphatic carbocycles. The predicted octanol–water partition coefficient (Wildman–Crippen LogP) is 3.45. The van der Waals surface area contributed by atoms with Gasteiger partial charge < -0.3 is 10.2 Å². The summed E-state index contributed by atoms with van der Waals surface area (Å²) in [6, 6.07) is 7.73. The van der Waals surface area contributed by atoms with Gasteiger partial charge in [-0.25, -0.2) is 13.4 Å². The summed E-state index contributed by atoms with van der Waals surface area (Å²) in [5, 5.41) is 3.43. The highest BCUT2D eigenvalue weighted by Crippen LogP contribution is 2.28. The first-order valence-corrected chi connectivity index (χ1v) is 12.2. The Morgan fingerprint density at radius 2 is 1.81 bits per heavy atom. The third-order valence-corrected chi connectivity index (χ3v) is 6.30. The molecule has 0 radical (unpaired) electrons. The first-order chi connectivity index (χ1) is 12.9. The topological polar surface area (TPSA) is 61.8 Å². The molecule has 0 amide bonds. The van der Waals surface area contributed by atoms with Crippen molar-refractivity contribution >= 4 is 15.8 Å². The summed E-state index contributed by atoms with van der Waals surface area (Å²) < 4.78 is 22.8. The second-order valence-corrected chi connectivity index (χ2v) is 9.77. The van der Waals surface area contributed by atoms with Gasteiger partial charge in [-0.1, -0.05) is 51.0 Å². The number of rotatable bonds is 8. The molecule has 1 atom stereocenters. The molecule has 152 valence electrons. The van der Waals surface area contributed by atoms with Gasteiger partial charge in [0.2, 0.25) is 0 Å². The molecule has 0 saturated carbocycles. The molecule has 1 aliphatic heterocycles. The van der Waals surface area contributed by atoms with Crippen LogP contribution in [0, 0.1) is 11.8 Å². The summed E-state index contributed by atoms with van der Waals surface area (Å²) >= 11 is 0. The Kier molecular flexibility index (Phi) is 8.14. The molecule has 1 unspecified atom stereocenters. The fraction of sp³-hybridized carbons (Fsp3) is 0.667. The number of guanidine groups is 1. The second-order valence-electron chi connectivity index (χ2n) is 7.63. The van der Waals surface area contributed by atoms with Crippen molar-refractivity contribution < 1.29 is 8.42 Å². The minimum absolute atomic E-state index is 0.0877. The Bertz CT molecular complexity index is 709. The third-order valence-electron chi connectivity index (χ3n) is 5.44. The average molecular weight is 394 g/mol. The Morgan fingerprint density at radius 3 is 2.37 bits per heavy atom. The lowest BCUT2D eigenvalue weighted by molar-refractivity contribution is 0.319. The van der Waals surface area contributed by atoms with Crippen LogP contribution >= 0.6 is 0 Å². The number of aliphatic imine (C=N–C) groups is 1. The number of likely N-dealkylation sites (tertiary alicyclic amines) is 1. The summed E-state index contributed by atoms with van der Waals surface area (Å²) in [5.74, 6) is 2.65. The summed E-state index contributed by atoms with van der Waals surface area (Å²) in [6.07, 6.45) is 5.01. The van der Waals surface area contributed by atoms with Gasteiger partial charge in [0.15, 0.2) is 15.8 Å². The van der Waals surface area contributed by atoms with Crippen LogP contribution in [0.2, 0.25) is 0 Å². The van der Waals surface area contributed by atoms with Crippen LogP contribution in [0.15, 0.2) is 29.3 Å². The van der Waals surface area contributed by atoms with E-state index in [1.54, 1.807) is 0 Å². The normalized spacial score (nSPS) is 18.3. The fourth-order valence-corrected chi connectivity index (χ4v) is 4.75. The Labute approximate surface area is 165 Å². The van der Waals surface area contributed by atoms with E-state index in [2.05, 4.69) is 31.0 Å².